The van der Waals surface area contributed by atoms with Crippen LogP contribution in [0.25, 0.3) is 0 Å². The van der Waals surface area contributed by atoms with E-state index in [0.717, 1.165) is 50.0 Å². The zero-order valence-electron chi connectivity index (χ0n) is 24.8. The number of carbonyl (C=O) groups is 1. The number of aryl methyl sites for hydroxylation is 1. The van der Waals surface area contributed by atoms with Crippen LogP contribution in [0.5, 0.6) is 17.2 Å². The first kappa shape index (κ1) is 32.8. The van der Waals surface area contributed by atoms with Gasteiger partial charge >= 0.3 is 6.18 Å². The molecular weight excluding hydrogens is 545 g/mol. The first-order chi connectivity index (χ1) is 20.1. The second-order valence-electron chi connectivity index (χ2n) is 10.5. The largest absolute Gasteiger partial charge is 0.493 e. The minimum absolute atomic E-state index is 0.0169. The van der Waals surface area contributed by atoms with Crippen LogP contribution < -0.4 is 24.4 Å². The molecule has 0 radical (unpaired) electrons. The zero-order chi connectivity index (χ0) is 30.5. The third kappa shape index (κ3) is 9.69. The average molecular weight is 587 g/mol. The standard InChI is InChI=1S/C33H41F3N2O4/c1-24(2)23-42-29-15-6-5-14-28(29)38(32(39)26-12-9-13-27(22-26)33(34,35)36)20-8-7-18-37-19-10-11-25-16-17-30(40-3)31(21-25)41-4/h5-6,9,12-17,21-22,24,37H,7-8,10-11,18-20,23H2,1-4H3. The molecule has 6 nitrogen and oxygen atoms in total. The third-order valence-corrected chi connectivity index (χ3v) is 6.66. The first-order valence-corrected chi connectivity index (χ1v) is 14.3. The molecule has 228 valence electrons. The maximum atomic E-state index is 13.6. The number of hydrogen-bond acceptors (Lipinski definition) is 5. The lowest BCUT2D eigenvalue weighted by Crippen LogP contribution is -2.33. The van der Waals surface area contributed by atoms with Gasteiger partial charge in [-0.15, -0.1) is 0 Å². The normalized spacial score (nSPS) is 11.4. The zero-order valence-corrected chi connectivity index (χ0v) is 24.8. The number of amides is 1. The Hall–Kier alpha value is -3.72. The van der Waals surface area contributed by atoms with Crippen molar-refractivity contribution in [2.45, 2.75) is 45.7 Å². The van der Waals surface area contributed by atoms with Gasteiger partial charge in [0.2, 0.25) is 0 Å². The summed E-state index contributed by atoms with van der Waals surface area (Å²) in [6, 6.07) is 17.6. The summed E-state index contributed by atoms with van der Waals surface area (Å²) in [5, 5.41) is 3.44. The molecule has 42 heavy (non-hydrogen) atoms. The molecule has 1 amide bonds. The van der Waals surface area contributed by atoms with Crippen LogP contribution in [0, 0.1) is 5.92 Å². The highest BCUT2D eigenvalue weighted by Gasteiger charge is 2.31. The molecule has 0 aromatic heterocycles. The Labute approximate surface area is 246 Å². The molecule has 0 aliphatic heterocycles. The van der Waals surface area contributed by atoms with Crippen molar-refractivity contribution in [3.05, 3.63) is 83.4 Å². The third-order valence-electron chi connectivity index (χ3n) is 6.66. The number of methoxy groups -OCH3 is 2. The van der Waals surface area contributed by atoms with Gasteiger partial charge in [-0.2, -0.15) is 13.2 Å². The Kier molecular flexibility index (Phi) is 12.5. The number of benzene rings is 3. The number of hydrogen-bond donors (Lipinski definition) is 1. The van der Waals surface area contributed by atoms with Crippen molar-refractivity contribution in [3.8, 4) is 17.2 Å². The maximum Gasteiger partial charge on any atom is 0.416 e. The summed E-state index contributed by atoms with van der Waals surface area (Å²) in [6.45, 7) is 6.42. The van der Waals surface area contributed by atoms with Gasteiger partial charge in [-0.05, 0) is 92.7 Å². The number of ether oxygens (including phenoxy) is 3. The molecule has 0 heterocycles. The lowest BCUT2D eigenvalue weighted by molar-refractivity contribution is -0.137. The van der Waals surface area contributed by atoms with Crippen molar-refractivity contribution in [3.63, 3.8) is 0 Å². The van der Waals surface area contributed by atoms with E-state index in [1.807, 2.05) is 38.1 Å². The Balaban J connectivity index is 1.60. The molecule has 0 aliphatic carbocycles. The molecule has 0 fully saturated rings. The van der Waals surface area contributed by atoms with E-state index in [1.54, 1.807) is 32.4 Å². The number of alkyl halides is 3. The van der Waals surface area contributed by atoms with Crippen LogP contribution in [0.15, 0.2) is 66.7 Å². The van der Waals surface area contributed by atoms with E-state index in [4.69, 9.17) is 14.2 Å². The van der Waals surface area contributed by atoms with Crippen LogP contribution in [0.3, 0.4) is 0 Å². The van der Waals surface area contributed by atoms with E-state index in [-0.39, 0.29) is 11.5 Å². The van der Waals surface area contributed by atoms with E-state index in [9.17, 15) is 18.0 Å². The van der Waals surface area contributed by atoms with Crippen LogP contribution in [0.2, 0.25) is 0 Å². The molecule has 0 aliphatic rings. The molecule has 3 aromatic rings. The number of nitrogens with one attached hydrogen (secondary N) is 1. The van der Waals surface area contributed by atoms with Crippen molar-refractivity contribution < 1.29 is 32.2 Å². The summed E-state index contributed by atoms with van der Waals surface area (Å²) in [5.41, 5.74) is 0.840. The molecule has 3 aromatic carbocycles. The second kappa shape index (κ2) is 16.1. The van der Waals surface area contributed by atoms with Gasteiger partial charge in [0.15, 0.2) is 11.5 Å². The number of anilines is 1. The minimum atomic E-state index is -4.54. The molecular formula is C33H41F3N2O4. The molecule has 0 bridgehead atoms. The average Bonchev–Trinajstić information content (AvgIpc) is 2.98. The van der Waals surface area contributed by atoms with Gasteiger partial charge in [-0.3, -0.25) is 4.79 Å². The number of carbonyl (C=O) groups excluding carboxylic acids is 1. The monoisotopic (exact) mass is 586 g/mol. The number of nitrogens with zero attached hydrogens (tertiary/aromatic N) is 1. The van der Waals surface area contributed by atoms with Crippen LogP contribution in [-0.4, -0.2) is 46.4 Å². The van der Waals surface area contributed by atoms with Crippen molar-refractivity contribution >= 4 is 11.6 Å². The van der Waals surface area contributed by atoms with Crippen molar-refractivity contribution in [1.29, 1.82) is 0 Å². The fourth-order valence-corrected chi connectivity index (χ4v) is 4.47. The van der Waals surface area contributed by atoms with E-state index in [1.165, 1.54) is 17.0 Å². The molecule has 0 spiro atoms. The smallest absolute Gasteiger partial charge is 0.416 e. The molecule has 0 saturated heterocycles. The maximum absolute atomic E-state index is 13.6. The van der Waals surface area contributed by atoms with Gasteiger partial charge in [-0.25, -0.2) is 0 Å². The van der Waals surface area contributed by atoms with Crippen molar-refractivity contribution in [2.75, 3.05) is 45.4 Å². The van der Waals surface area contributed by atoms with Crippen LogP contribution >= 0.6 is 0 Å². The van der Waals surface area contributed by atoms with Gasteiger partial charge in [0.25, 0.3) is 5.91 Å². The van der Waals surface area contributed by atoms with Crippen molar-refractivity contribution in [2.24, 2.45) is 5.92 Å². The Morgan fingerprint density at radius 1 is 0.857 bits per heavy atom. The molecule has 0 atom stereocenters. The molecule has 1 N–H and O–H groups in total. The number of unbranched alkanes of at least 4 members (excludes halogenated alkanes) is 1. The predicted molar refractivity (Wildman–Crippen MR) is 160 cm³/mol. The first-order valence-electron chi connectivity index (χ1n) is 14.3. The van der Waals surface area contributed by atoms with Gasteiger partial charge in [-0.1, -0.05) is 38.1 Å². The summed E-state index contributed by atoms with van der Waals surface area (Å²) < 4.78 is 56.7. The lowest BCUT2D eigenvalue weighted by Gasteiger charge is -2.26. The molecule has 0 unspecified atom stereocenters. The fourth-order valence-electron chi connectivity index (χ4n) is 4.47. The summed E-state index contributed by atoms with van der Waals surface area (Å²) in [7, 11) is 3.23. The lowest BCUT2D eigenvalue weighted by atomic mass is 10.1. The van der Waals surface area contributed by atoms with E-state index < -0.39 is 17.6 Å². The number of halogens is 3. The van der Waals surface area contributed by atoms with Gasteiger partial charge < -0.3 is 24.4 Å². The Bertz CT molecular complexity index is 1280. The number of para-hydroxylation sites is 2. The number of rotatable bonds is 16. The SMILES string of the molecule is COc1ccc(CCCNCCCCN(C(=O)c2cccc(C(F)(F)F)c2)c2ccccc2OCC(C)C)cc1OC. The fraction of sp³-hybridized carbons (Fsp3) is 0.424. The highest BCUT2D eigenvalue weighted by Crippen LogP contribution is 2.33. The van der Waals surface area contributed by atoms with Crippen molar-refractivity contribution in [1.82, 2.24) is 5.32 Å². The van der Waals surface area contributed by atoms with E-state index in [0.29, 0.717) is 42.5 Å². The van der Waals surface area contributed by atoms with Crippen LogP contribution in [0.1, 0.15) is 54.6 Å². The summed E-state index contributed by atoms with van der Waals surface area (Å²) in [6.07, 6.45) is -1.26. The molecule has 9 heteroatoms. The highest BCUT2D eigenvalue weighted by atomic mass is 19.4. The van der Waals surface area contributed by atoms with Gasteiger partial charge in [0.1, 0.15) is 5.75 Å². The van der Waals surface area contributed by atoms with Crippen LogP contribution in [-0.2, 0) is 12.6 Å². The summed E-state index contributed by atoms with van der Waals surface area (Å²) >= 11 is 0. The second-order valence-corrected chi connectivity index (χ2v) is 10.5. The summed E-state index contributed by atoms with van der Waals surface area (Å²) in [4.78, 5) is 15.1. The highest BCUT2D eigenvalue weighted by molar-refractivity contribution is 6.07. The molecule has 0 saturated carbocycles. The Morgan fingerprint density at radius 2 is 1.60 bits per heavy atom. The quantitative estimate of drug-likeness (QED) is 0.177. The van der Waals surface area contributed by atoms with Gasteiger partial charge in [0, 0.05) is 12.1 Å². The van der Waals surface area contributed by atoms with Gasteiger partial charge in [0.05, 0.1) is 32.1 Å². The predicted octanol–water partition coefficient (Wildman–Crippen LogP) is 7.41. The van der Waals surface area contributed by atoms with Crippen LogP contribution in [0.4, 0.5) is 18.9 Å². The Morgan fingerprint density at radius 3 is 2.31 bits per heavy atom. The van der Waals surface area contributed by atoms with E-state index in [2.05, 4.69) is 5.32 Å². The summed E-state index contributed by atoms with van der Waals surface area (Å²) in [5.74, 6) is 1.71. The van der Waals surface area contributed by atoms with E-state index >= 15 is 0 Å². The molecule has 3 rings (SSSR count). The topological polar surface area (TPSA) is 60.0 Å². The minimum Gasteiger partial charge on any atom is -0.493 e.